The van der Waals surface area contributed by atoms with Crippen molar-refractivity contribution in [2.24, 2.45) is 0 Å². The maximum atomic E-state index is 12.4. The normalized spacial score (nSPS) is 12.1. The molecule has 0 aliphatic heterocycles. The Morgan fingerprint density at radius 2 is 2.12 bits per heavy atom. The molecule has 3 nitrogen and oxygen atoms in total. The highest BCUT2D eigenvalue weighted by molar-refractivity contribution is 9.10. The smallest absolute Gasteiger partial charge is 0.408 e. The van der Waals surface area contributed by atoms with Gasteiger partial charge in [0.25, 0.3) is 0 Å². The number of methoxy groups -OCH3 is 1. The van der Waals surface area contributed by atoms with Crippen molar-refractivity contribution in [3.05, 3.63) is 22.8 Å². The molecule has 0 aliphatic rings. The summed E-state index contributed by atoms with van der Waals surface area (Å²) in [5.74, 6) is 0.351. The minimum absolute atomic E-state index is 0.333. The lowest BCUT2D eigenvalue weighted by atomic mass is 10.2. The molecule has 0 N–H and O–H groups in total. The summed E-state index contributed by atoms with van der Waals surface area (Å²) in [5.41, 5.74) is 0.333. The van der Waals surface area contributed by atoms with E-state index < -0.39 is 12.7 Å². The van der Waals surface area contributed by atoms with Gasteiger partial charge in [-0.15, -0.1) is 0 Å². The first-order chi connectivity index (χ1) is 7.92. The molecule has 2 rings (SSSR count). The predicted molar refractivity (Wildman–Crippen MR) is 60.0 cm³/mol. The van der Waals surface area contributed by atoms with Crippen LogP contribution in [-0.2, 0) is 6.54 Å². The fourth-order valence-corrected chi connectivity index (χ4v) is 2.09. The minimum atomic E-state index is -4.31. The Morgan fingerprint density at radius 3 is 2.71 bits per heavy atom. The highest BCUT2D eigenvalue weighted by Crippen LogP contribution is 2.34. The largest absolute Gasteiger partial charge is 0.493 e. The summed E-state index contributed by atoms with van der Waals surface area (Å²) < 4.78 is 43.7. The van der Waals surface area contributed by atoms with E-state index in [1.165, 1.54) is 13.3 Å². The molecule has 1 aromatic carbocycles. The third-order valence-electron chi connectivity index (χ3n) is 2.24. The number of alkyl halides is 3. The Bertz CT molecular complexity index is 550. The number of halogens is 4. The number of hydrogen-bond donors (Lipinski definition) is 0. The highest BCUT2D eigenvalue weighted by Gasteiger charge is 2.30. The van der Waals surface area contributed by atoms with Gasteiger partial charge in [-0.3, -0.25) is 4.68 Å². The van der Waals surface area contributed by atoms with Gasteiger partial charge < -0.3 is 4.74 Å². The maximum absolute atomic E-state index is 12.4. The second kappa shape index (κ2) is 4.21. The number of fused-ring (bicyclic) bond motifs is 1. The van der Waals surface area contributed by atoms with Crippen LogP contribution in [0.4, 0.5) is 13.2 Å². The van der Waals surface area contributed by atoms with Crippen molar-refractivity contribution in [2.75, 3.05) is 7.11 Å². The minimum Gasteiger partial charge on any atom is -0.493 e. The molecule has 92 valence electrons. The van der Waals surface area contributed by atoms with Gasteiger partial charge in [-0.25, -0.2) is 0 Å². The van der Waals surface area contributed by atoms with E-state index in [0.717, 1.165) is 4.68 Å². The zero-order valence-electron chi connectivity index (χ0n) is 8.75. The molecule has 1 heterocycles. The van der Waals surface area contributed by atoms with Gasteiger partial charge >= 0.3 is 6.18 Å². The van der Waals surface area contributed by atoms with E-state index in [9.17, 15) is 13.2 Å². The van der Waals surface area contributed by atoms with E-state index >= 15 is 0 Å². The Balaban J connectivity index is 2.61. The van der Waals surface area contributed by atoms with Gasteiger partial charge in [0, 0.05) is 5.39 Å². The lowest BCUT2D eigenvalue weighted by Crippen LogP contribution is -2.18. The Morgan fingerprint density at radius 1 is 1.41 bits per heavy atom. The second-order valence-corrected chi connectivity index (χ2v) is 4.29. The molecule has 0 spiro atoms. The topological polar surface area (TPSA) is 27.1 Å². The number of rotatable bonds is 2. The summed E-state index contributed by atoms with van der Waals surface area (Å²) in [6, 6.07) is 3.39. The highest BCUT2D eigenvalue weighted by atomic mass is 79.9. The van der Waals surface area contributed by atoms with E-state index in [-0.39, 0.29) is 0 Å². The number of benzene rings is 1. The van der Waals surface area contributed by atoms with E-state index in [1.54, 1.807) is 12.1 Å². The van der Waals surface area contributed by atoms with Crippen molar-refractivity contribution in [1.29, 1.82) is 0 Å². The molecule has 0 aliphatic carbocycles. The van der Waals surface area contributed by atoms with Crippen LogP contribution in [0.5, 0.6) is 5.75 Å². The molecule has 0 fully saturated rings. The molecular formula is C10H8BrF3N2O. The third kappa shape index (κ3) is 2.38. The molecule has 0 saturated heterocycles. The zero-order valence-corrected chi connectivity index (χ0v) is 10.3. The Labute approximate surface area is 103 Å². The summed E-state index contributed by atoms with van der Waals surface area (Å²) in [5, 5.41) is 4.33. The summed E-state index contributed by atoms with van der Waals surface area (Å²) in [6.45, 7) is -1.14. The molecule has 0 unspecified atom stereocenters. The molecule has 0 radical (unpaired) electrons. The molecular weight excluding hydrogens is 301 g/mol. The van der Waals surface area contributed by atoms with Crippen LogP contribution in [0.2, 0.25) is 0 Å². The second-order valence-electron chi connectivity index (χ2n) is 3.44. The molecule has 0 atom stereocenters. The van der Waals surface area contributed by atoms with Crippen molar-refractivity contribution in [3.63, 3.8) is 0 Å². The number of hydrogen-bond acceptors (Lipinski definition) is 2. The first-order valence-corrected chi connectivity index (χ1v) is 5.46. The van der Waals surface area contributed by atoms with Gasteiger partial charge in [-0.2, -0.15) is 18.3 Å². The van der Waals surface area contributed by atoms with E-state index in [0.29, 0.717) is 21.1 Å². The summed E-state index contributed by atoms with van der Waals surface area (Å²) in [6.07, 6.45) is -2.93. The zero-order chi connectivity index (χ0) is 12.6. The van der Waals surface area contributed by atoms with Crippen LogP contribution < -0.4 is 4.74 Å². The van der Waals surface area contributed by atoms with Crippen molar-refractivity contribution in [2.45, 2.75) is 12.7 Å². The van der Waals surface area contributed by atoms with Gasteiger partial charge in [-0.05, 0) is 28.1 Å². The average Bonchev–Trinajstić information content (AvgIpc) is 2.59. The van der Waals surface area contributed by atoms with Crippen LogP contribution in [0, 0.1) is 0 Å². The van der Waals surface area contributed by atoms with Crippen molar-refractivity contribution < 1.29 is 17.9 Å². The summed E-state index contributed by atoms with van der Waals surface area (Å²) in [4.78, 5) is 0. The first kappa shape index (κ1) is 12.2. The average molecular weight is 309 g/mol. The standard InChI is InChI=1S/C10H8BrF3N2O/c1-17-9-7(11)3-2-6-4-15-16(8(6)9)5-10(12,13)14/h2-4H,5H2,1H3. The van der Waals surface area contributed by atoms with Crippen molar-refractivity contribution in [3.8, 4) is 5.75 Å². The Kier molecular flexibility index (Phi) is 3.03. The van der Waals surface area contributed by atoms with Gasteiger partial charge in [0.2, 0.25) is 0 Å². The van der Waals surface area contributed by atoms with Crippen LogP contribution in [-0.4, -0.2) is 23.1 Å². The van der Waals surface area contributed by atoms with Crippen LogP contribution in [0.1, 0.15) is 0 Å². The number of ether oxygens (including phenoxy) is 1. The first-order valence-electron chi connectivity index (χ1n) is 4.67. The molecule has 17 heavy (non-hydrogen) atoms. The molecule has 0 saturated carbocycles. The quantitative estimate of drug-likeness (QED) is 0.850. The fourth-order valence-electron chi connectivity index (χ4n) is 1.61. The number of nitrogens with zero attached hydrogens (tertiary/aromatic N) is 2. The SMILES string of the molecule is COc1c(Br)ccc2cnn(CC(F)(F)F)c12. The molecule has 0 amide bonds. The number of aromatic nitrogens is 2. The van der Waals surface area contributed by atoms with E-state index in [4.69, 9.17) is 4.74 Å². The Hall–Kier alpha value is -1.24. The van der Waals surface area contributed by atoms with Gasteiger partial charge in [0.1, 0.15) is 12.1 Å². The molecule has 2 aromatic rings. The fraction of sp³-hybridized carbons (Fsp3) is 0.300. The molecule has 7 heteroatoms. The van der Waals surface area contributed by atoms with E-state index in [1.807, 2.05) is 0 Å². The van der Waals surface area contributed by atoms with Crippen LogP contribution in [0.25, 0.3) is 10.9 Å². The van der Waals surface area contributed by atoms with Crippen molar-refractivity contribution >= 4 is 26.8 Å². The van der Waals surface area contributed by atoms with Gasteiger partial charge in [-0.1, -0.05) is 0 Å². The molecule has 0 bridgehead atoms. The predicted octanol–water partition coefficient (Wildman–Crippen LogP) is 3.37. The summed E-state index contributed by atoms with van der Waals surface area (Å²) >= 11 is 3.23. The van der Waals surface area contributed by atoms with Gasteiger partial charge in [0.15, 0.2) is 5.75 Å². The maximum Gasteiger partial charge on any atom is 0.408 e. The van der Waals surface area contributed by atoms with Crippen LogP contribution in [0.3, 0.4) is 0 Å². The molecule has 1 aromatic heterocycles. The monoisotopic (exact) mass is 308 g/mol. The lowest BCUT2D eigenvalue weighted by molar-refractivity contribution is -0.141. The van der Waals surface area contributed by atoms with Crippen LogP contribution >= 0.6 is 15.9 Å². The van der Waals surface area contributed by atoms with Crippen molar-refractivity contribution in [1.82, 2.24) is 9.78 Å². The lowest BCUT2D eigenvalue weighted by Gasteiger charge is -2.10. The summed E-state index contributed by atoms with van der Waals surface area (Å²) in [7, 11) is 1.41. The van der Waals surface area contributed by atoms with Crippen LogP contribution in [0.15, 0.2) is 22.8 Å². The third-order valence-corrected chi connectivity index (χ3v) is 2.87. The van der Waals surface area contributed by atoms with Gasteiger partial charge in [0.05, 0.1) is 17.8 Å². The van der Waals surface area contributed by atoms with E-state index in [2.05, 4.69) is 21.0 Å².